The Balaban J connectivity index is 1.26. The fourth-order valence-corrected chi connectivity index (χ4v) is 4.12. The molecule has 5 rings (SSSR count). The molecule has 0 unspecified atom stereocenters. The maximum atomic E-state index is 13.6. The van der Waals surface area contributed by atoms with E-state index in [9.17, 15) is 4.39 Å². The largest absolute Gasteiger partial charge is 0.356 e. The van der Waals surface area contributed by atoms with E-state index in [0.29, 0.717) is 11.4 Å². The second-order valence-electron chi connectivity index (χ2n) is 7.76. The number of piperidine rings is 1. The van der Waals surface area contributed by atoms with Crippen LogP contribution in [0.2, 0.25) is 0 Å². The standard InChI is InChI=1S/C22H23FN6O/c1-2-3-15-13-24-29(14-15)21-7-6-20(25-26-21)28-10-8-16(9-11-28)22-18-12-17(23)4-5-19(18)30-27-22/h4-7,12-14,16H,2-3,8-11H2,1H3. The third-order valence-electron chi connectivity index (χ3n) is 5.71. The number of hydrogen-bond donors (Lipinski definition) is 0. The van der Waals surface area contributed by atoms with E-state index in [2.05, 4.69) is 32.3 Å². The van der Waals surface area contributed by atoms with Crippen LogP contribution in [0.3, 0.4) is 0 Å². The molecule has 0 atom stereocenters. The SMILES string of the molecule is CCCc1cnn(-c2ccc(N3CCC(c4noc5ccc(F)cc45)CC3)nn2)c1. The summed E-state index contributed by atoms with van der Waals surface area (Å²) in [5, 5.41) is 18.1. The van der Waals surface area contributed by atoms with Gasteiger partial charge >= 0.3 is 0 Å². The van der Waals surface area contributed by atoms with E-state index in [0.717, 1.165) is 55.7 Å². The van der Waals surface area contributed by atoms with Crippen molar-refractivity contribution in [2.45, 2.75) is 38.5 Å². The molecule has 4 aromatic rings. The number of aryl methyl sites for hydroxylation is 1. The van der Waals surface area contributed by atoms with Gasteiger partial charge in [-0.05, 0) is 55.2 Å². The van der Waals surface area contributed by atoms with Crippen LogP contribution in [-0.4, -0.2) is 38.2 Å². The van der Waals surface area contributed by atoms with Gasteiger partial charge in [0, 0.05) is 30.6 Å². The zero-order chi connectivity index (χ0) is 20.5. The second-order valence-corrected chi connectivity index (χ2v) is 7.76. The van der Waals surface area contributed by atoms with Crippen molar-refractivity contribution >= 4 is 16.8 Å². The van der Waals surface area contributed by atoms with E-state index < -0.39 is 0 Å². The van der Waals surface area contributed by atoms with Crippen molar-refractivity contribution in [1.82, 2.24) is 25.1 Å². The van der Waals surface area contributed by atoms with E-state index in [1.807, 2.05) is 24.5 Å². The van der Waals surface area contributed by atoms with Crippen molar-refractivity contribution in [1.29, 1.82) is 0 Å². The van der Waals surface area contributed by atoms with Crippen LogP contribution in [0.5, 0.6) is 0 Å². The lowest BCUT2D eigenvalue weighted by Gasteiger charge is -2.31. The molecule has 30 heavy (non-hydrogen) atoms. The lowest BCUT2D eigenvalue weighted by atomic mass is 9.91. The van der Waals surface area contributed by atoms with E-state index in [4.69, 9.17) is 4.52 Å². The van der Waals surface area contributed by atoms with Crippen LogP contribution in [0.25, 0.3) is 16.8 Å². The molecule has 3 aromatic heterocycles. The topological polar surface area (TPSA) is 72.9 Å². The lowest BCUT2D eigenvalue weighted by molar-refractivity contribution is 0.416. The monoisotopic (exact) mass is 406 g/mol. The summed E-state index contributed by atoms with van der Waals surface area (Å²) in [6.07, 6.45) is 7.79. The Morgan fingerprint density at radius 3 is 2.67 bits per heavy atom. The molecule has 1 aliphatic rings. The third kappa shape index (κ3) is 3.53. The Bertz CT molecular complexity index is 1140. The highest BCUT2D eigenvalue weighted by atomic mass is 19.1. The third-order valence-corrected chi connectivity index (χ3v) is 5.71. The highest BCUT2D eigenvalue weighted by molar-refractivity contribution is 5.80. The first kappa shape index (κ1) is 18.7. The molecule has 1 aromatic carbocycles. The number of rotatable bonds is 5. The van der Waals surface area contributed by atoms with Crippen LogP contribution < -0.4 is 4.90 Å². The van der Waals surface area contributed by atoms with Gasteiger partial charge in [0.15, 0.2) is 17.2 Å². The maximum absolute atomic E-state index is 13.6. The van der Waals surface area contributed by atoms with Gasteiger partial charge in [0.25, 0.3) is 0 Å². The first-order valence-electron chi connectivity index (χ1n) is 10.4. The summed E-state index contributed by atoms with van der Waals surface area (Å²) >= 11 is 0. The molecule has 0 bridgehead atoms. The van der Waals surface area contributed by atoms with Crippen molar-refractivity contribution in [3.8, 4) is 5.82 Å². The molecule has 4 heterocycles. The summed E-state index contributed by atoms with van der Waals surface area (Å²) in [4.78, 5) is 2.22. The minimum Gasteiger partial charge on any atom is -0.356 e. The number of halogens is 1. The van der Waals surface area contributed by atoms with Crippen molar-refractivity contribution in [2.24, 2.45) is 0 Å². The molecule has 0 amide bonds. The molecule has 1 saturated heterocycles. The van der Waals surface area contributed by atoms with Gasteiger partial charge in [0.05, 0.1) is 11.9 Å². The molecule has 1 fully saturated rings. The van der Waals surface area contributed by atoms with Crippen LogP contribution in [-0.2, 0) is 6.42 Å². The Morgan fingerprint density at radius 2 is 1.90 bits per heavy atom. The highest BCUT2D eigenvalue weighted by Crippen LogP contribution is 2.33. The minimum atomic E-state index is -0.265. The molecular weight excluding hydrogens is 383 g/mol. The van der Waals surface area contributed by atoms with Gasteiger partial charge in [-0.25, -0.2) is 9.07 Å². The maximum Gasteiger partial charge on any atom is 0.175 e. The minimum absolute atomic E-state index is 0.248. The van der Waals surface area contributed by atoms with Crippen molar-refractivity contribution in [3.05, 3.63) is 59.8 Å². The first-order chi connectivity index (χ1) is 14.7. The number of benzene rings is 1. The van der Waals surface area contributed by atoms with Crippen LogP contribution in [0.15, 0.2) is 47.2 Å². The molecule has 1 aliphatic heterocycles. The van der Waals surface area contributed by atoms with Crippen LogP contribution in [0, 0.1) is 5.82 Å². The number of anilines is 1. The predicted molar refractivity (Wildman–Crippen MR) is 111 cm³/mol. The number of fused-ring (bicyclic) bond motifs is 1. The quantitative estimate of drug-likeness (QED) is 0.493. The highest BCUT2D eigenvalue weighted by Gasteiger charge is 2.26. The zero-order valence-electron chi connectivity index (χ0n) is 16.8. The van der Waals surface area contributed by atoms with Crippen molar-refractivity contribution in [3.63, 3.8) is 0 Å². The van der Waals surface area contributed by atoms with Crippen LogP contribution in [0.1, 0.15) is 43.4 Å². The molecule has 154 valence electrons. The molecule has 0 aliphatic carbocycles. The summed E-state index contributed by atoms with van der Waals surface area (Å²) in [5.41, 5.74) is 2.69. The fourth-order valence-electron chi connectivity index (χ4n) is 4.12. The van der Waals surface area contributed by atoms with E-state index in [1.54, 1.807) is 10.7 Å². The molecule has 0 saturated carbocycles. The van der Waals surface area contributed by atoms with Gasteiger partial charge in [-0.15, -0.1) is 10.2 Å². The van der Waals surface area contributed by atoms with E-state index in [-0.39, 0.29) is 11.7 Å². The number of aromatic nitrogens is 5. The molecule has 8 heteroatoms. The molecule has 0 spiro atoms. The van der Waals surface area contributed by atoms with Gasteiger partial charge in [-0.2, -0.15) is 5.10 Å². The van der Waals surface area contributed by atoms with Crippen molar-refractivity contribution < 1.29 is 8.91 Å². The smallest absolute Gasteiger partial charge is 0.175 e. The average molecular weight is 406 g/mol. The summed E-state index contributed by atoms with van der Waals surface area (Å²) in [7, 11) is 0. The van der Waals surface area contributed by atoms with Gasteiger partial charge in [-0.3, -0.25) is 0 Å². The summed E-state index contributed by atoms with van der Waals surface area (Å²) < 4.78 is 20.8. The Kier molecular flexibility index (Phi) is 4.90. The fraction of sp³-hybridized carbons (Fsp3) is 0.364. The van der Waals surface area contributed by atoms with Gasteiger partial charge in [0.2, 0.25) is 0 Å². The number of nitrogens with zero attached hydrogens (tertiary/aromatic N) is 6. The Morgan fingerprint density at radius 1 is 1.10 bits per heavy atom. The van der Waals surface area contributed by atoms with E-state index >= 15 is 0 Å². The second kappa shape index (κ2) is 7.85. The number of hydrogen-bond acceptors (Lipinski definition) is 6. The summed E-state index contributed by atoms with van der Waals surface area (Å²) in [6.45, 7) is 3.83. The first-order valence-corrected chi connectivity index (χ1v) is 10.4. The van der Waals surface area contributed by atoms with Crippen LogP contribution in [0.4, 0.5) is 10.2 Å². The van der Waals surface area contributed by atoms with Gasteiger partial charge in [0.1, 0.15) is 5.82 Å². The molecule has 0 N–H and O–H groups in total. The average Bonchev–Trinajstić information content (AvgIpc) is 3.41. The zero-order valence-corrected chi connectivity index (χ0v) is 16.8. The van der Waals surface area contributed by atoms with E-state index in [1.165, 1.54) is 17.7 Å². The molecule has 0 radical (unpaired) electrons. The molecule has 7 nitrogen and oxygen atoms in total. The Hall–Kier alpha value is -3.29. The van der Waals surface area contributed by atoms with Gasteiger partial charge < -0.3 is 9.42 Å². The molecular formula is C22H23FN6O. The van der Waals surface area contributed by atoms with Crippen LogP contribution >= 0.6 is 0 Å². The lowest BCUT2D eigenvalue weighted by Crippen LogP contribution is -2.33. The summed E-state index contributed by atoms with van der Waals surface area (Å²) in [5.74, 6) is 1.55. The normalized spacial score (nSPS) is 15.2. The Labute approximate surface area is 173 Å². The predicted octanol–water partition coefficient (Wildman–Crippen LogP) is 4.28. The summed E-state index contributed by atoms with van der Waals surface area (Å²) in [6, 6.07) is 8.49. The van der Waals surface area contributed by atoms with Gasteiger partial charge in [-0.1, -0.05) is 18.5 Å². The van der Waals surface area contributed by atoms with Crippen molar-refractivity contribution in [2.75, 3.05) is 18.0 Å².